The van der Waals surface area contributed by atoms with Gasteiger partial charge in [-0.25, -0.2) is 0 Å². The Labute approximate surface area is 78.2 Å². The predicted molar refractivity (Wildman–Crippen MR) is 50.5 cm³/mol. The van der Waals surface area contributed by atoms with Crippen molar-refractivity contribution in [3.63, 3.8) is 0 Å². The molecule has 0 saturated heterocycles. The van der Waals surface area contributed by atoms with Crippen LogP contribution in [0.25, 0.3) is 0 Å². The van der Waals surface area contributed by atoms with Gasteiger partial charge in [-0.1, -0.05) is 6.92 Å². The molecule has 0 fully saturated rings. The highest BCUT2D eigenvalue weighted by Gasteiger charge is 2.17. The van der Waals surface area contributed by atoms with Crippen molar-refractivity contribution >= 4 is 5.78 Å². The Morgan fingerprint density at radius 2 is 2.08 bits per heavy atom. The Hall–Kier alpha value is -1.25. The first-order chi connectivity index (χ1) is 6.16. The van der Waals surface area contributed by atoms with Crippen molar-refractivity contribution in [2.75, 3.05) is 0 Å². The van der Waals surface area contributed by atoms with Crippen molar-refractivity contribution < 1.29 is 4.79 Å². The van der Waals surface area contributed by atoms with Gasteiger partial charge in [-0.15, -0.1) is 0 Å². The summed E-state index contributed by atoms with van der Waals surface area (Å²) in [5.74, 6) is 0.0693. The van der Waals surface area contributed by atoms with Gasteiger partial charge in [0.05, 0.1) is 17.3 Å². The van der Waals surface area contributed by atoms with Crippen molar-refractivity contribution in [3.05, 3.63) is 23.8 Å². The number of rotatable bonds is 3. The zero-order valence-corrected chi connectivity index (χ0v) is 8.24. The largest absolute Gasteiger partial charge is 0.299 e. The second-order valence-corrected chi connectivity index (χ2v) is 3.10. The molecule has 70 valence electrons. The summed E-state index contributed by atoms with van der Waals surface area (Å²) in [7, 11) is 0. The molecule has 1 aromatic heterocycles. The van der Waals surface area contributed by atoms with Gasteiger partial charge in [-0.3, -0.25) is 14.8 Å². The van der Waals surface area contributed by atoms with Crippen molar-refractivity contribution in [3.8, 4) is 0 Å². The fourth-order valence-electron chi connectivity index (χ4n) is 1.43. The van der Waals surface area contributed by atoms with Gasteiger partial charge in [0, 0.05) is 12.4 Å². The first kappa shape index (κ1) is 9.84. The molecule has 13 heavy (non-hydrogen) atoms. The number of ketones is 1. The molecule has 0 aliphatic rings. The van der Waals surface area contributed by atoms with Gasteiger partial charge in [-0.05, 0) is 20.3 Å². The minimum Gasteiger partial charge on any atom is -0.299 e. The monoisotopic (exact) mass is 178 g/mol. The molecule has 1 atom stereocenters. The Morgan fingerprint density at radius 1 is 1.46 bits per heavy atom. The highest BCUT2D eigenvalue weighted by Crippen LogP contribution is 2.19. The third kappa shape index (κ3) is 2.11. The Morgan fingerprint density at radius 3 is 2.54 bits per heavy atom. The summed E-state index contributed by atoms with van der Waals surface area (Å²) in [5.41, 5.74) is 1.67. The van der Waals surface area contributed by atoms with E-state index in [1.54, 1.807) is 19.3 Å². The van der Waals surface area contributed by atoms with Crippen LogP contribution in [0.15, 0.2) is 12.4 Å². The summed E-state index contributed by atoms with van der Waals surface area (Å²) in [6, 6.07) is 0. The molecular formula is C10H14N2O. The van der Waals surface area contributed by atoms with Crippen LogP contribution in [0.3, 0.4) is 0 Å². The smallest absolute Gasteiger partial charge is 0.138 e. The first-order valence-electron chi connectivity index (χ1n) is 4.44. The van der Waals surface area contributed by atoms with E-state index >= 15 is 0 Å². The van der Waals surface area contributed by atoms with Gasteiger partial charge in [-0.2, -0.15) is 0 Å². The molecule has 0 amide bonds. The van der Waals surface area contributed by atoms with Crippen molar-refractivity contribution in [2.24, 2.45) is 0 Å². The highest BCUT2D eigenvalue weighted by molar-refractivity contribution is 5.82. The molecule has 0 bridgehead atoms. The summed E-state index contributed by atoms with van der Waals surface area (Å²) in [4.78, 5) is 19.6. The molecule has 3 nitrogen and oxygen atoms in total. The zero-order valence-electron chi connectivity index (χ0n) is 8.24. The quantitative estimate of drug-likeness (QED) is 0.709. The molecule has 3 heteroatoms. The SMILES string of the molecule is CCC(C(C)=O)c1nccnc1C. The summed E-state index contributed by atoms with van der Waals surface area (Å²) < 4.78 is 0. The molecule has 0 aliphatic carbocycles. The molecule has 1 heterocycles. The Kier molecular flexibility index (Phi) is 3.12. The lowest BCUT2D eigenvalue weighted by Crippen LogP contribution is -2.11. The summed E-state index contributed by atoms with van der Waals surface area (Å²) in [6.45, 7) is 5.47. The molecule has 0 aliphatic heterocycles. The van der Waals surface area contributed by atoms with Gasteiger partial charge < -0.3 is 0 Å². The molecule has 1 rings (SSSR count). The van der Waals surface area contributed by atoms with Gasteiger partial charge in [0.15, 0.2) is 0 Å². The van der Waals surface area contributed by atoms with Gasteiger partial charge in [0.1, 0.15) is 5.78 Å². The fourth-order valence-corrected chi connectivity index (χ4v) is 1.43. The average Bonchev–Trinajstić information content (AvgIpc) is 2.09. The topological polar surface area (TPSA) is 42.9 Å². The summed E-state index contributed by atoms with van der Waals surface area (Å²) in [5, 5.41) is 0. The van der Waals surface area contributed by atoms with E-state index in [4.69, 9.17) is 0 Å². The summed E-state index contributed by atoms with van der Waals surface area (Å²) >= 11 is 0. The minimum atomic E-state index is -0.0892. The average molecular weight is 178 g/mol. The van der Waals surface area contributed by atoms with E-state index in [0.29, 0.717) is 0 Å². The lowest BCUT2D eigenvalue weighted by Gasteiger charge is -2.11. The number of hydrogen-bond donors (Lipinski definition) is 0. The molecule has 0 saturated carbocycles. The number of aryl methyl sites for hydroxylation is 1. The molecule has 1 unspecified atom stereocenters. The normalized spacial score (nSPS) is 12.5. The number of nitrogens with zero attached hydrogens (tertiary/aromatic N) is 2. The number of carbonyl (C=O) groups is 1. The maximum atomic E-state index is 11.3. The molecular weight excluding hydrogens is 164 g/mol. The van der Waals surface area contributed by atoms with Crippen LogP contribution in [0.1, 0.15) is 37.6 Å². The van der Waals surface area contributed by atoms with Gasteiger partial charge in [0.2, 0.25) is 0 Å². The zero-order chi connectivity index (χ0) is 9.84. The third-order valence-electron chi connectivity index (χ3n) is 2.15. The van der Waals surface area contributed by atoms with E-state index in [1.165, 1.54) is 0 Å². The van der Waals surface area contributed by atoms with E-state index in [0.717, 1.165) is 17.8 Å². The number of hydrogen-bond acceptors (Lipinski definition) is 3. The van der Waals surface area contributed by atoms with Crippen molar-refractivity contribution in [1.29, 1.82) is 0 Å². The number of aromatic nitrogens is 2. The van der Waals surface area contributed by atoms with Crippen LogP contribution in [0.4, 0.5) is 0 Å². The third-order valence-corrected chi connectivity index (χ3v) is 2.15. The van der Waals surface area contributed by atoms with E-state index in [2.05, 4.69) is 9.97 Å². The van der Waals surface area contributed by atoms with Gasteiger partial charge >= 0.3 is 0 Å². The second-order valence-electron chi connectivity index (χ2n) is 3.10. The van der Waals surface area contributed by atoms with Crippen LogP contribution in [-0.2, 0) is 4.79 Å². The molecule has 0 spiro atoms. The lowest BCUT2D eigenvalue weighted by molar-refractivity contribution is -0.118. The van der Waals surface area contributed by atoms with E-state index < -0.39 is 0 Å². The second kappa shape index (κ2) is 4.12. The van der Waals surface area contributed by atoms with Gasteiger partial charge in [0.25, 0.3) is 0 Å². The number of carbonyl (C=O) groups excluding carboxylic acids is 1. The molecule has 0 N–H and O–H groups in total. The van der Waals surface area contributed by atoms with Crippen LogP contribution in [0.5, 0.6) is 0 Å². The summed E-state index contributed by atoms with van der Waals surface area (Å²) in [6.07, 6.45) is 4.06. The first-order valence-corrected chi connectivity index (χ1v) is 4.44. The van der Waals surface area contributed by atoms with E-state index in [9.17, 15) is 4.79 Å². The van der Waals surface area contributed by atoms with Crippen LogP contribution in [0.2, 0.25) is 0 Å². The number of Topliss-reactive ketones (excluding diaryl/α,β-unsaturated/α-hetero) is 1. The van der Waals surface area contributed by atoms with Crippen molar-refractivity contribution in [2.45, 2.75) is 33.1 Å². The molecule has 0 radical (unpaired) electrons. The maximum absolute atomic E-state index is 11.3. The molecule has 1 aromatic rings. The molecule has 0 aromatic carbocycles. The van der Waals surface area contributed by atoms with Crippen molar-refractivity contribution in [1.82, 2.24) is 9.97 Å². The van der Waals surface area contributed by atoms with E-state index in [1.807, 2.05) is 13.8 Å². The Balaban J connectivity index is 3.04. The predicted octanol–water partition coefficient (Wildman–Crippen LogP) is 1.87. The fraction of sp³-hybridized carbons (Fsp3) is 0.500. The van der Waals surface area contributed by atoms with E-state index in [-0.39, 0.29) is 11.7 Å². The Bertz CT molecular complexity index is 310. The lowest BCUT2D eigenvalue weighted by atomic mass is 9.96. The highest BCUT2D eigenvalue weighted by atomic mass is 16.1. The van der Waals surface area contributed by atoms with Crippen LogP contribution in [-0.4, -0.2) is 15.8 Å². The minimum absolute atomic E-state index is 0.0892. The van der Waals surface area contributed by atoms with Crippen LogP contribution < -0.4 is 0 Å². The van der Waals surface area contributed by atoms with Crippen LogP contribution in [0, 0.1) is 6.92 Å². The standard InChI is InChI=1S/C10H14N2O/c1-4-9(8(3)13)10-7(2)11-5-6-12-10/h5-6,9H,4H2,1-3H3. The van der Waals surface area contributed by atoms with Crippen LogP contribution >= 0.6 is 0 Å². The maximum Gasteiger partial charge on any atom is 0.138 e.